The summed E-state index contributed by atoms with van der Waals surface area (Å²) < 4.78 is 54.8. The summed E-state index contributed by atoms with van der Waals surface area (Å²) in [6.07, 6.45) is 7.42. The highest BCUT2D eigenvalue weighted by Gasteiger charge is 2.29. The number of halogens is 3. The van der Waals surface area contributed by atoms with E-state index < -0.39 is 23.4 Å². The van der Waals surface area contributed by atoms with Crippen LogP contribution in [0.25, 0.3) is 0 Å². The van der Waals surface area contributed by atoms with Crippen molar-refractivity contribution >= 4 is 5.97 Å². The third-order valence-corrected chi connectivity index (χ3v) is 7.52. The number of hydrogen-bond acceptors (Lipinski definition) is 3. The third kappa shape index (κ3) is 5.91. The summed E-state index contributed by atoms with van der Waals surface area (Å²) in [5.74, 6) is -2.36. The van der Waals surface area contributed by atoms with Crippen LogP contribution in [-0.2, 0) is 4.74 Å². The molecule has 0 saturated heterocycles. The van der Waals surface area contributed by atoms with Gasteiger partial charge >= 0.3 is 5.97 Å². The van der Waals surface area contributed by atoms with Crippen LogP contribution in [0, 0.1) is 23.4 Å². The fourth-order valence-electron chi connectivity index (χ4n) is 5.37. The lowest BCUT2D eigenvalue weighted by Crippen LogP contribution is -2.25. The lowest BCUT2D eigenvalue weighted by molar-refractivity contribution is 0.0189. The predicted octanol–water partition coefficient (Wildman–Crippen LogP) is 7.85. The second-order valence-electron chi connectivity index (χ2n) is 9.96. The fourth-order valence-corrected chi connectivity index (χ4v) is 5.37. The van der Waals surface area contributed by atoms with Gasteiger partial charge in [-0.05, 0) is 85.6 Å². The van der Waals surface area contributed by atoms with Crippen molar-refractivity contribution in [2.24, 2.45) is 5.92 Å². The first-order chi connectivity index (χ1) is 16.9. The van der Waals surface area contributed by atoms with E-state index in [1.807, 2.05) is 6.07 Å². The standard InChI is InChI=1S/C29H33F3O3/c1-3-16-34-26-15-10-21(17-25(26)30)19-8-11-22(12-9-19)35-29(33)24-14-13-23(27(31)28(24)32)20-6-4-18(2)5-7-20/h3,10,13-15,17-20,22H,1,4-9,11-12,16H2,2H3. The lowest BCUT2D eigenvalue weighted by Gasteiger charge is -2.29. The highest BCUT2D eigenvalue weighted by Crippen LogP contribution is 2.38. The van der Waals surface area contributed by atoms with Gasteiger partial charge in [0, 0.05) is 0 Å². The van der Waals surface area contributed by atoms with Crippen LogP contribution < -0.4 is 4.74 Å². The number of ether oxygens (including phenoxy) is 2. The van der Waals surface area contributed by atoms with Gasteiger partial charge < -0.3 is 9.47 Å². The zero-order valence-corrected chi connectivity index (χ0v) is 20.2. The van der Waals surface area contributed by atoms with Crippen molar-refractivity contribution in [1.29, 1.82) is 0 Å². The minimum Gasteiger partial charge on any atom is -0.486 e. The third-order valence-electron chi connectivity index (χ3n) is 7.52. The molecule has 4 rings (SSSR count). The molecule has 2 aromatic carbocycles. The quantitative estimate of drug-likeness (QED) is 0.295. The summed E-state index contributed by atoms with van der Waals surface area (Å²) in [4.78, 5) is 12.6. The van der Waals surface area contributed by atoms with Crippen LogP contribution in [0.1, 0.15) is 91.6 Å². The van der Waals surface area contributed by atoms with Crippen molar-refractivity contribution < 1.29 is 27.4 Å². The van der Waals surface area contributed by atoms with Crippen LogP contribution in [0.4, 0.5) is 13.2 Å². The summed E-state index contributed by atoms with van der Waals surface area (Å²) in [5.41, 5.74) is 0.883. The van der Waals surface area contributed by atoms with E-state index in [9.17, 15) is 18.0 Å². The van der Waals surface area contributed by atoms with E-state index in [0.717, 1.165) is 31.2 Å². The molecule has 2 fully saturated rings. The van der Waals surface area contributed by atoms with E-state index in [0.29, 0.717) is 37.2 Å². The number of carbonyl (C=O) groups is 1. The number of rotatable bonds is 7. The monoisotopic (exact) mass is 486 g/mol. The van der Waals surface area contributed by atoms with Crippen molar-refractivity contribution in [1.82, 2.24) is 0 Å². The molecule has 0 radical (unpaired) electrons. The van der Waals surface area contributed by atoms with Gasteiger partial charge in [-0.2, -0.15) is 0 Å². The van der Waals surface area contributed by atoms with Gasteiger partial charge in [0.1, 0.15) is 12.7 Å². The van der Waals surface area contributed by atoms with E-state index in [4.69, 9.17) is 9.47 Å². The zero-order valence-electron chi connectivity index (χ0n) is 20.2. The van der Waals surface area contributed by atoms with Crippen LogP contribution >= 0.6 is 0 Å². The maximum Gasteiger partial charge on any atom is 0.341 e. The molecule has 2 saturated carbocycles. The second-order valence-corrected chi connectivity index (χ2v) is 9.96. The molecule has 0 bridgehead atoms. The average molecular weight is 487 g/mol. The number of benzene rings is 2. The largest absolute Gasteiger partial charge is 0.486 e. The van der Waals surface area contributed by atoms with Gasteiger partial charge in [-0.1, -0.05) is 44.6 Å². The van der Waals surface area contributed by atoms with Gasteiger partial charge in [0.05, 0.1) is 5.56 Å². The summed E-state index contributed by atoms with van der Waals surface area (Å²) in [6.45, 7) is 5.97. The van der Waals surface area contributed by atoms with E-state index in [-0.39, 0.29) is 35.9 Å². The minimum absolute atomic E-state index is 0.00602. The van der Waals surface area contributed by atoms with Crippen molar-refractivity contribution in [3.05, 3.63) is 77.1 Å². The first kappa shape index (κ1) is 25.3. The van der Waals surface area contributed by atoms with E-state index in [1.165, 1.54) is 12.1 Å². The Balaban J connectivity index is 1.34. The number of esters is 1. The Bertz CT molecular complexity index is 1050. The summed E-state index contributed by atoms with van der Waals surface area (Å²) in [5, 5.41) is 0. The molecular formula is C29H33F3O3. The van der Waals surface area contributed by atoms with Gasteiger partial charge in [0.2, 0.25) is 0 Å². The van der Waals surface area contributed by atoms with Crippen LogP contribution in [0.2, 0.25) is 0 Å². The number of hydrogen-bond donors (Lipinski definition) is 0. The lowest BCUT2D eigenvalue weighted by atomic mass is 9.79. The van der Waals surface area contributed by atoms with Crippen molar-refractivity contribution in [2.75, 3.05) is 6.61 Å². The van der Waals surface area contributed by atoms with Gasteiger partial charge in [-0.15, -0.1) is 0 Å². The topological polar surface area (TPSA) is 35.5 Å². The average Bonchev–Trinajstić information content (AvgIpc) is 2.86. The normalized spacial score (nSPS) is 24.6. The molecule has 35 heavy (non-hydrogen) atoms. The Hall–Kier alpha value is -2.76. The number of carbonyl (C=O) groups excluding carboxylic acids is 1. The molecule has 0 spiro atoms. The van der Waals surface area contributed by atoms with Crippen molar-refractivity contribution in [3.63, 3.8) is 0 Å². The minimum atomic E-state index is -1.12. The van der Waals surface area contributed by atoms with Gasteiger partial charge in [0.15, 0.2) is 23.2 Å². The molecule has 0 amide bonds. The Kier molecular flexibility index (Phi) is 8.19. The molecule has 2 aliphatic carbocycles. The molecule has 0 heterocycles. The van der Waals surface area contributed by atoms with Crippen LogP contribution in [-0.4, -0.2) is 18.7 Å². The molecule has 0 aliphatic heterocycles. The summed E-state index contributed by atoms with van der Waals surface area (Å²) in [7, 11) is 0. The molecule has 0 N–H and O–H groups in total. The Morgan fingerprint density at radius 1 is 0.943 bits per heavy atom. The SMILES string of the molecule is C=CCOc1ccc(C2CCC(OC(=O)c3ccc(C4CCC(C)CC4)c(F)c3F)CC2)cc1F. The first-order valence-corrected chi connectivity index (χ1v) is 12.6. The van der Waals surface area contributed by atoms with E-state index in [1.54, 1.807) is 18.2 Å². The smallest absolute Gasteiger partial charge is 0.341 e. The van der Waals surface area contributed by atoms with E-state index in [2.05, 4.69) is 13.5 Å². The first-order valence-electron chi connectivity index (χ1n) is 12.6. The molecule has 2 aromatic rings. The Morgan fingerprint density at radius 3 is 2.29 bits per heavy atom. The molecule has 0 unspecified atom stereocenters. The molecule has 0 atom stereocenters. The van der Waals surface area contributed by atoms with Gasteiger partial charge in [-0.3, -0.25) is 0 Å². The van der Waals surface area contributed by atoms with Crippen LogP contribution in [0.15, 0.2) is 43.0 Å². The fraction of sp³-hybridized carbons (Fsp3) is 0.483. The molecule has 3 nitrogen and oxygen atoms in total. The second kappa shape index (κ2) is 11.3. The molecular weight excluding hydrogens is 453 g/mol. The molecule has 188 valence electrons. The Labute approximate surface area is 205 Å². The van der Waals surface area contributed by atoms with Crippen molar-refractivity contribution in [3.8, 4) is 5.75 Å². The molecule has 6 heteroatoms. The van der Waals surface area contributed by atoms with Gasteiger partial charge in [0.25, 0.3) is 0 Å². The highest BCUT2D eigenvalue weighted by molar-refractivity contribution is 5.90. The van der Waals surface area contributed by atoms with Crippen molar-refractivity contribution in [2.45, 2.75) is 76.2 Å². The van der Waals surface area contributed by atoms with Crippen LogP contribution in [0.5, 0.6) is 5.75 Å². The predicted molar refractivity (Wildman–Crippen MR) is 129 cm³/mol. The maximum atomic E-state index is 14.8. The molecule has 2 aliphatic rings. The van der Waals surface area contributed by atoms with E-state index >= 15 is 0 Å². The summed E-state index contributed by atoms with van der Waals surface area (Å²) in [6, 6.07) is 7.87. The zero-order chi connectivity index (χ0) is 24.9. The Morgan fingerprint density at radius 2 is 1.63 bits per heavy atom. The highest BCUT2D eigenvalue weighted by atomic mass is 19.2. The summed E-state index contributed by atoms with van der Waals surface area (Å²) >= 11 is 0. The molecule has 0 aromatic heterocycles. The maximum absolute atomic E-state index is 14.8. The van der Waals surface area contributed by atoms with Gasteiger partial charge in [-0.25, -0.2) is 18.0 Å². The van der Waals surface area contributed by atoms with Crippen LogP contribution in [0.3, 0.4) is 0 Å².